The van der Waals surface area contributed by atoms with Gasteiger partial charge in [0.05, 0.1) is 6.61 Å². The molecule has 0 radical (unpaired) electrons. The van der Waals surface area contributed by atoms with Crippen molar-refractivity contribution in [3.05, 3.63) is 42.0 Å². The van der Waals surface area contributed by atoms with Gasteiger partial charge < -0.3 is 9.16 Å². The van der Waals surface area contributed by atoms with Gasteiger partial charge in [-0.1, -0.05) is 51.1 Å². The maximum Gasteiger partial charge on any atom is 0.424 e. The molecule has 0 bridgehead atoms. The van der Waals surface area contributed by atoms with E-state index in [0.29, 0.717) is 32.1 Å². The predicted molar refractivity (Wildman–Crippen MR) is 176 cm³/mol. The van der Waals surface area contributed by atoms with Gasteiger partial charge >= 0.3 is 12.1 Å². The van der Waals surface area contributed by atoms with Crippen molar-refractivity contribution in [2.24, 2.45) is 46.3 Å². The van der Waals surface area contributed by atoms with Crippen molar-refractivity contribution in [1.82, 2.24) is 0 Å². The maximum absolute atomic E-state index is 14.2. The highest BCUT2D eigenvalue weighted by Crippen LogP contribution is 2.66. The number of rotatable bonds is 10. The first kappa shape index (κ1) is 35.2. The van der Waals surface area contributed by atoms with Crippen LogP contribution < -0.4 is 5.19 Å². The lowest BCUT2D eigenvalue weighted by atomic mass is 9.44. The molecule has 0 heterocycles. The molecular weight excluding hydrogens is 637 g/mol. The Morgan fingerprint density at radius 1 is 1.02 bits per heavy atom. The summed E-state index contributed by atoms with van der Waals surface area (Å²) in [5, 5.41) is 0.765. The van der Waals surface area contributed by atoms with Crippen molar-refractivity contribution in [2.45, 2.75) is 110 Å². The van der Waals surface area contributed by atoms with Gasteiger partial charge in [0.1, 0.15) is 17.3 Å². The molecule has 0 N–H and O–H groups in total. The zero-order valence-electron chi connectivity index (χ0n) is 28.8. The molecule has 4 fully saturated rings. The molecule has 5 aliphatic carbocycles. The van der Waals surface area contributed by atoms with E-state index in [2.05, 4.69) is 13.8 Å². The third kappa shape index (κ3) is 5.86. The van der Waals surface area contributed by atoms with Crippen molar-refractivity contribution in [3.8, 4) is 0 Å². The lowest BCUT2D eigenvalue weighted by Gasteiger charge is -2.58. The second-order valence-corrected chi connectivity index (χ2v) is 20.1. The van der Waals surface area contributed by atoms with Gasteiger partial charge in [0, 0.05) is 49.9 Å². The number of hydrogen-bond donors (Lipinski definition) is 0. The zero-order valence-corrected chi connectivity index (χ0v) is 29.8. The number of halogens is 3. The Bertz CT molecular complexity index is 1500. The molecule has 6 rings (SSSR count). The molecule has 10 heteroatoms. The molecule has 1 unspecified atom stereocenters. The molecule has 1 aromatic rings. The molecular formula is C38H49F3O6Si. The molecule has 0 aliphatic heterocycles. The number of hydrogen-bond acceptors (Lipinski definition) is 6. The fourth-order valence-corrected chi connectivity index (χ4v) is 12.7. The van der Waals surface area contributed by atoms with Crippen LogP contribution in [0, 0.1) is 46.3 Å². The molecule has 0 amide bonds. The van der Waals surface area contributed by atoms with Crippen LogP contribution in [0.3, 0.4) is 0 Å². The molecule has 48 heavy (non-hydrogen) atoms. The first-order chi connectivity index (χ1) is 22.4. The predicted octanol–water partition coefficient (Wildman–Crippen LogP) is 7.29. The Morgan fingerprint density at radius 2 is 1.73 bits per heavy atom. The van der Waals surface area contributed by atoms with Crippen molar-refractivity contribution in [2.75, 3.05) is 6.61 Å². The topological polar surface area (TPSA) is 86.7 Å². The first-order valence-electron chi connectivity index (χ1n) is 17.7. The fraction of sp³-hybridized carbons (Fsp3) is 0.684. The number of ketones is 3. The normalized spacial score (nSPS) is 36.9. The summed E-state index contributed by atoms with van der Waals surface area (Å²) in [4.78, 5) is 52.7. The summed E-state index contributed by atoms with van der Waals surface area (Å²) in [6.45, 7) is 9.63. The zero-order chi connectivity index (χ0) is 34.9. The van der Waals surface area contributed by atoms with E-state index < -0.39 is 31.5 Å². The van der Waals surface area contributed by atoms with Gasteiger partial charge in [-0.3, -0.25) is 19.2 Å². The Labute approximate surface area is 282 Å². The minimum atomic E-state index is -4.61. The summed E-state index contributed by atoms with van der Waals surface area (Å²) in [6.07, 6.45) is 1.19. The molecule has 0 saturated heterocycles. The van der Waals surface area contributed by atoms with Crippen LogP contribution in [0.4, 0.5) is 13.2 Å². The molecule has 0 spiro atoms. The van der Waals surface area contributed by atoms with Crippen LogP contribution in [0.5, 0.6) is 0 Å². The summed E-state index contributed by atoms with van der Waals surface area (Å²) in [6, 6.07) is 8.97. The van der Waals surface area contributed by atoms with E-state index in [-0.39, 0.29) is 83.3 Å². The SMILES string of the molecule is C[C@H](CCC(=O)OCCC1=CC1(O[Si](C)(C)c1ccccc1)C(F)(F)F)[C@H]1CC[C@H]2[C@@H]3C(=O)C[C@@H]4CC(=O)CC[C@]4(C)[C@H]3CC(=O)[C@]12C. The fourth-order valence-electron chi connectivity index (χ4n) is 10.5. The van der Waals surface area contributed by atoms with Crippen LogP contribution in [0.25, 0.3) is 0 Å². The maximum atomic E-state index is 14.2. The van der Waals surface area contributed by atoms with Crippen molar-refractivity contribution < 1.29 is 41.5 Å². The minimum absolute atomic E-state index is 0.0127. The van der Waals surface area contributed by atoms with Gasteiger partial charge in [-0.2, -0.15) is 13.2 Å². The van der Waals surface area contributed by atoms with Gasteiger partial charge in [-0.25, -0.2) is 0 Å². The van der Waals surface area contributed by atoms with E-state index in [0.717, 1.165) is 30.5 Å². The lowest BCUT2D eigenvalue weighted by molar-refractivity contribution is -0.203. The monoisotopic (exact) mass is 686 g/mol. The van der Waals surface area contributed by atoms with Crippen LogP contribution in [-0.2, 0) is 28.3 Å². The quantitative estimate of drug-likeness (QED) is 0.146. The summed E-state index contributed by atoms with van der Waals surface area (Å²) in [5.74, 6) is 0.0880. The summed E-state index contributed by atoms with van der Waals surface area (Å²) in [5.41, 5.74) is -3.13. The van der Waals surface area contributed by atoms with Crippen LogP contribution >= 0.6 is 0 Å². The second-order valence-electron chi connectivity index (χ2n) is 16.3. The molecule has 9 atom stereocenters. The van der Waals surface area contributed by atoms with Crippen molar-refractivity contribution in [3.63, 3.8) is 0 Å². The highest BCUT2D eigenvalue weighted by molar-refractivity contribution is 6.84. The van der Waals surface area contributed by atoms with Crippen molar-refractivity contribution >= 4 is 36.8 Å². The van der Waals surface area contributed by atoms with Gasteiger partial charge in [-0.15, -0.1) is 0 Å². The summed E-state index contributed by atoms with van der Waals surface area (Å²) < 4.78 is 53.9. The Balaban J connectivity index is 1.02. The van der Waals surface area contributed by atoms with Crippen molar-refractivity contribution in [1.29, 1.82) is 0 Å². The summed E-state index contributed by atoms with van der Waals surface area (Å²) in [7, 11) is -2.89. The standard InChI is InChI=1S/C38H49F3O6Si/c1-23(11-14-33(45)46-18-16-24-22-37(24,38(39,40)41)47-48(4,5)27-9-7-6-8-10-27)28-12-13-29-34-30(21-32(44)36(28,29)3)35(2)17-15-26(42)19-25(35)20-31(34)43/h6-10,22-23,25,28-30,34H,11-21H2,1-5H3/t23-,25+,28-,29+,30+,34+,35+,36-,37?/m1/s1. The number of benzene rings is 1. The molecule has 0 aromatic heterocycles. The first-order valence-corrected chi connectivity index (χ1v) is 20.6. The number of fused-ring (bicyclic) bond motifs is 5. The largest absolute Gasteiger partial charge is 0.465 e. The Hall–Kier alpha value is -2.59. The van der Waals surface area contributed by atoms with Gasteiger partial charge in [0.15, 0.2) is 5.60 Å². The number of carbonyl (C=O) groups is 4. The van der Waals surface area contributed by atoms with E-state index in [1.165, 1.54) is 0 Å². The molecule has 5 aliphatic rings. The molecule has 6 nitrogen and oxygen atoms in total. The number of alkyl halides is 3. The third-order valence-electron chi connectivity index (χ3n) is 13.4. The highest BCUT2D eigenvalue weighted by atomic mass is 28.4. The smallest absolute Gasteiger partial charge is 0.424 e. The van der Waals surface area contributed by atoms with Crippen LogP contribution in [-0.4, -0.2) is 50.0 Å². The van der Waals surface area contributed by atoms with Gasteiger partial charge in [0.25, 0.3) is 0 Å². The van der Waals surface area contributed by atoms with E-state index in [4.69, 9.17) is 9.16 Å². The minimum Gasteiger partial charge on any atom is -0.465 e. The van der Waals surface area contributed by atoms with E-state index in [9.17, 15) is 32.3 Å². The number of esters is 1. The van der Waals surface area contributed by atoms with Gasteiger partial charge in [-0.05, 0) is 90.6 Å². The number of carbonyl (C=O) groups excluding carboxylic acids is 4. The highest BCUT2D eigenvalue weighted by Gasteiger charge is 2.67. The molecule has 262 valence electrons. The Kier molecular flexibility index (Phi) is 9.05. The van der Waals surface area contributed by atoms with E-state index in [1.54, 1.807) is 37.4 Å². The van der Waals surface area contributed by atoms with Crippen LogP contribution in [0.2, 0.25) is 13.1 Å². The average Bonchev–Trinajstić information content (AvgIpc) is 3.60. The molecule has 1 aromatic carbocycles. The average molecular weight is 687 g/mol. The summed E-state index contributed by atoms with van der Waals surface area (Å²) >= 11 is 0. The number of Topliss-reactive ketones (excluding diaryl/α,β-unsaturated/α-hetero) is 3. The number of ether oxygens (including phenoxy) is 1. The van der Waals surface area contributed by atoms with Crippen LogP contribution in [0.15, 0.2) is 42.0 Å². The Morgan fingerprint density at radius 3 is 2.42 bits per heavy atom. The molecule has 4 saturated carbocycles. The third-order valence-corrected chi connectivity index (χ3v) is 16.0. The second kappa shape index (κ2) is 12.3. The van der Waals surface area contributed by atoms with Gasteiger partial charge in [0.2, 0.25) is 8.32 Å². The lowest BCUT2D eigenvalue weighted by Crippen LogP contribution is -2.60. The van der Waals surface area contributed by atoms with E-state index in [1.807, 2.05) is 13.0 Å². The van der Waals surface area contributed by atoms with Crippen LogP contribution in [0.1, 0.15) is 85.0 Å². The van der Waals surface area contributed by atoms with E-state index >= 15 is 0 Å².